The summed E-state index contributed by atoms with van der Waals surface area (Å²) in [7, 11) is 2.13. The van der Waals surface area contributed by atoms with Crippen molar-refractivity contribution in [2.24, 2.45) is 0 Å². The third-order valence-corrected chi connectivity index (χ3v) is 4.55. The Hall–Kier alpha value is -1.62. The first-order chi connectivity index (χ1) is 11.2. The van der Waals surface area contributed by atoms with Crippen LogP contribution in [0, 0.1) is 0 Å². The predicted molar refractivity (Wildman–Crippen MR) is 97.3 cm³/mol. The maximum Gasteiger partial charge on any atom is 0.416 e. The van der Waals surface area contributed by atoms with Crippen LogP contribution in [0.2, 0.25) is 0 Å². The minimum Gasteiger partial charge on any atom is -0.443 e. The van der Waals surface area contributed by atoms with E-state index in [4.69, 9.17) is 4.74 Å². The normalized spacial score (nSPS) is 20.0. The van der Waals surface area contributed by atoms with E-state index < -0.39 is 5.60 Å². The average Bonchev–Trinajstić information content (AvgIpc) is 2.92. The predicted octanol–water partition coefficient (Wildman–Crippen LogP) is 4.39. The molecule has 0 radical (unpaired) electrons. The van der Waals surface area contributed by atoms with Gasteiger partial charge < -0.3 is 4.74 Å². The van der Waals surface area contributed by atoms with Gasteiger partial charge in [0.2, 0.25) is 0 Å². The molecule has 1 saturated heterocycles. The van der Waals surface area contributed by atoms with Gasteiger partial charge in [0.05, 0.1) is 0 Å². The van der Waals surface area contributed by atoms with Crippen LogP contribution in [0.4, 0.5) is 10.6 Å². The fraction of sp³-hybridized carbons (Fsp3) is 0.684. The Morgan fingerprint density at radius 1 is 1.50 bits per heavy atom. The van der Waals surface area contributed by atoms with Gasteiger partial charge in [-0.25, -0.2) is 9.78 Å². The van der Waals surface area contributed by atoms with Crippen molar-refractivity contribution >= 4 is 11.9 Å². The molecule has 0 aromatic carbocycles. The lowest BCUT2D eigenvalue weighted by Crippen LogP contribution is -2.43. The highest BCUT2D eigenvalue weighted by Gasteiger charge is 2.33. The van der Waals surface area contributed by atoms with Crippen LogP contribution in [0.3, 0.4) is 0 Å². The van der Waals surface area contributed by atoms with E-state index in [0.29, 0.717) is 6.04 Å². The van der Waals surface area contributed by atoms with E-state index in [0.717, 1.165) is 30.8 Å². The van der Waals surface area contributed by atoms with E-state index in [-0.39, 0.29) is 12.1 Å². The molecular formula is C19H31N3O2. The lowest BCUT2D eigenvalue weighted by molar-refractivity contribution is 0.0565. The van der Waals surface area contributed by atoms with E-state index in [1.54, 1.807) is 11.1 Å². The van der Waals surface area contributed by atoms with Crippen LogP contribution in [0.15, 0.2) is 18.3 Å². The molecule has 5 heteroatoms. The summed E-state index contributed by atoms with van der Waals surface area (Å²) in [4.78, 5) is 21.5. The Kier molecular flexibility index (Phi) is 5.86. The number of ether oxygens (including phenoxy) is 1. The maximum atomic E-state index is 12.9. The first-order valence-corrected chi connectivity index (χ1v) is 8.92. The monoisotopic (exact) mass is 333 g/mol. The fourth-order valence-corrected chi connectivity index (χ4v) is 3.14. The Morgan fingerprint density at radius 3 is 2.75 bits per heavy atom. The highest BCUT2D eigenvalue weighted by atomic mass is 16.6. The van der Waals surface area contributed by atoms with Gasteiger partial charge in [0.15, 0.2) is 0 Å². The average molecular weight is 333 g/mol. The molecule has 1 aliphatic heterocycles. The third kappa shape index (κ3) is 4.26. The molecule has 0 aliphatic carbocycles. The molecule has 1 aromatic rings. The standard InChI is InChI=1S/C19H31N3O2/c1-7-14(2)22(18(23)24-19(3,4)5)17-15(10-8-12-20-17)16-11-9-13-21(16)6/h8,10,12,14,16H,7,9,11,13H2,1-6H3/t14-,16+/m1/s1. The van der Waals surface area contributed by atoms with Crippen LogP contribution in [-0.4, -0.2) is 41.2 Å². The lowest BCUT2D eigenvalue weighted by atomic mass is 10.0. The second-order valence-electron chi connectivity index (χ2n) is 7.66. The number of nitrogens with zero attached hydrogens (tertiary/aromatic N) is 3. The van der Waals surface area contributed by atoms with Crippen LogP contribution >= 0.6 is 0 Å². The Labute approximate surface area is 146 Å². The summed E-state index contributed by atoms with van der Waals surface area (Å²) in [5.41, 5.74) is 0.589. The highest BCUT2D eigenvalue weighted by Crippen LogP contribution is 2.36. The van der Waals surface area contributed by atoms with Crippen molar-refractivity contribution in [3.63, 3.8) is 0 Å². The molecule has 0 unspecified atom stereocenters. The zero-order valence-corrected chi connectivity index (χ0v) is 15.9. The molecule has 1 aromatic heterocycles. The zero-order valence-electron chi connectivity index (χ0n) is 15.9. The Morgan fingerprint density at radius 2 is 2.21 bits per heavy atom. The zero-order chi connectivity index (χ0) is 17.9. The SMILES string of the molecule is CC[C@@H](C)N(C(=O)OC(C)(C)C)c1ncccc1[C@@H]1CCCN1C. The van der Waals surface area contributed by atoms with Crippen molar-refractivity contribution in [2.45, 2.75) is 71.6 Å². The molecule has 1 aliphatic rings. The van der Waals surface area contributed by atoms with Crippen molar-refractivity contribution < 1.29 is 9.53 Å². The molecule has 5 nitrogen and oxygen atoms in total. The molecule has 0 spiro atoms. The minimum absolute atomic E-state index is 0.0280. The molecular weight excluding hydrogens is 302 g/mol. The smallest absolute Gasteiger partial charge is 0.416 e. The summed E-state index contributed by atoms with van der Waals surface area (Å²) >= 11 is 0. The van der Waals surface area contributed by atoms with Crippen molar-refractivity contribution in [3.05, 3.63) is 23.9 Å². The third-order valence-electron chi connectivity index (χ3n) is 4.55. The lowest BCUT2D eigenvalue weighted by Gasteiger charge is -2.33. The second kappa shape index (κ2) is 7.51. The molecule has 1 fully saturated rings. The number of carbonyl (C=O) groups is 1. The van der Waals surface area contributed by atoms with Crippen molar-refractivity contribution in [1.82, 2.24) is 9.88 Å². The number of anilines is 1. The Bertz CT molecular complexity index is 568. The molecule has 0 N–H and O–H groups in total. The number of likely N-dealkylation sites (tertiary alicyclic amines) is 1. The molecule has 2 rings (SSSR count). The van der Waals surface area contributed by atoms with Gasteiger partial charge in [-0.15, -0.1) is 0 Å². The van der Waals surface area contributed by atoms with Gasteiger partial charge in [0.1, 0.15) is 11.4 Å². The van der Waals surface area contributed by atoms with E-state index in [2.05, 4.69) is 29.9 Å². The maximum absolute atomic E-state index is 12.9. The summed E-state index contributed by atoms with van der Waals surface area (Å²) in [5.74, 6) is 0.736. The van der Waals surface area contributed by atoms with Gasteiger partial charge in [0.25, 0.3) is 0 Å². The minimum atomic E-state index is -0.526. The van der Waals surface area contributed by atoms with Crippen LogP contribution < -0.4 is 4.90 Å². The number of pyridine rings is 1. The number of hydrogen-bond donors (Lipinski definition) is 0. The first-order valence-electron chi connectivity index (χ1n) is 8.92. The molecule has 2 heterocycles. The van der Waals surface area contributed by atoms with Gasteiger partial charge in [-0.1, -0.05) is 13.0 Å². The van der Waals surface area contributed by atoms with Gasteiger partial charge in [-0.3, -0.25) is 9.80 Å². The van der Waals surface area contributed by atoms with E-state index in [1.165, 1.54) is 6.42 Å². The number of rotatable bonds is 4. The van der Waals surface area contributed by atoms with Crippen LogP contribution in [0.5, 0.6) is 0 Å². The van der Waals surface area contributed by atoms with Gasteiger partial charge in [-0.05, 0) is 66.6 Å². The highest BCUT2D eigenvalue weighted by molar-refractivity contribution is 5.88. The number of aromatic nitrogens is 1. The van der Waals surface area contributed by atoms with Crippen LogP contribution in [-0.2, 0) is 4.74 Å². The van der Waals surface area contributed by atoms with Crippen molar-refractivity contribution in [3.8, 4) is 0 Å². The van der Waals surface area contributed by atoms with E-state index in [9.17, 15) is 4.79 Å². The van der Waals surface area contributed by atoms with Crippen molar-refractivity contribution in [2.75, 3.05) is 18.5 Å². The second-order valence-corrected chi connectivity index (χ2v) is 7.66. The summed E-state index contributed by atoms with van der Waals surface area (Å²) in [6, 6.07) is 4.38. The first kappa shape index (κ1) is 18.7. The largest absolute Gasteiger partial charge is 0.443 e. The van der Waals surface area contributed by atoms with Gasteiger partial charge in [0, 0.05) is 23.8 Å². The number of amides is 1. The molecule has 0 bridgehead atoms. The van der Waals surface area contributed by atoms with Crippen LogP contribution in [0.25, 0.3) is 0 Å². The van der Waals surface area contributed by atoms with E-state index >= 15 is 0 Å². The van der Waals surface area contributed by atoms with Crippen molar-refractivity contribution in [1.29, 1.82) is 0 Å². The molecule has 24 heavy (non-hydrogen) atoms. The molecule has 0 saturated carbocycles. The summed E-state index contributed by atoms with van der Waals surface area (Å²) in [5, 5.41) is 0. The molecule has 1 amide bonds. The quantitative estimate of drug-likeness (QED) is 0.820. The van der Waals surface area contributed by atoms with Gasteiger partial charge >= 0.3 is 6.09 Å². The van der Waals surface area contributed by atoms with Gasteiger partial charge in [-0.2, -0.15) is 0 Å². The van der Waals surface area contributed by atoms with E-state index in [1.807, 2.05) is 33.8 Å². The number of hydrogen-bond acceptors (Lipinski definition) is 4. The molecule has 2 atom stereocenters. The summed E-state index contributed by atoms with van der Waals surface area (Å²) in [6.07, 6.45) is 4.55. The Balaban J connectivity index is 2.41. The summed E-state index contributed by atoms with van der Waals surface area (Å²) in [6.45, 7) is 10.9. The topological polar surface area (TPSA) is 45.7 Å². The number of carbonyl (C=O) groups excluding carboxylic acids is 1. The van der Waals surface area contributed by atoms with Crippen LogP contribution in [0.1, 0.15) is 65.5 Å². The summed E-state index contributed by atoms with van der Waals surface area (Å²) < 4.78 is 5.66. The molecule has 134 valence electrons. The fourth-order valence-electron chi connectivity index (χ4n) is 3.14.